The third-order valence-electron chi connectivity index (χ3n) is 4.39. The zero-order valence-electron chi connectivity index (χ0n) is 14.4. The highest BCUT2D eigenvalue weighted by Crippen LogP contribution is 2.16. The molecule has 3 N–H and O–H groups in total. The minimum atomic E-state index is -0.0431. The van der Waals surface area contributed by atoms with Crippen LogP contribution in [-0.2, 0) is 6.54 Å². The summed E-state index contributed by atoms with van der Waals surface area (Å²) < 4.78 is 0. The quantitative estimate of drug-likeness (QED) is 0.736. The summed E-state index contributed by atoms with van der Waals surface area (Å²) in [6.07, 6.45) is 1.92. The molecular formula is C19H24Cl3N3O. The van der Waals surface area contributed by atoms with Gasteiger partial charge in [-0.2, -0.15) is 0 Å². The second kappa shape index (κ2) is 10.6. The number of likely N-dealkylation sites (tertiary alicyclic amines) is 1. The molecule has 4 nitrogen and oxygen atoms in total. The number of amides is 1. The predicted molar refractivity (Wildman–Crippen MR) is 113 cm³/mol. The van der Waals surface area contributed by atoms with E-state index in [-0.39, 0.29) is 36.8 Å². The summed E-state index contributed by atoms with van der Waals surface area (Å²) in [4.78, 5) is 14.7. The van der Waals surface area contributed by atoms with Gasteiger partial charge in [-0.15, -0.1) is 24.8 Å². The molecule has 142 valence electrons. The second-order valence-electron chi connectivity index (χ2n) is 6.28. The number of anilines is 1. The van der Waals surface area contributed by atoms with Gasteiger partial charge in [-0.05, 0) is 48.7 Å². The van der Waals surface area contributed by atoms with Crippen LogP contribution in [0, 0.1) is 0 Å². The molecule has 1 aliphatic rings. The predicted octanol–water partition coefficient (Wildman–Crippen LogP) is 4.16. The number of nitrogen functional groups attached to an aromatic ring is 1. The summed E-state index contributed by atoms with van der Waals surface area (Å²) in [5.41, 5.74) is 8.24. The Kier molecular flexibility index (Phi) is 9.23. The first kappa shape index (κ1) is 22.6. The van der Waals surface area contributed by atoms with Gasteiger partial charge in [0.1, 0.15) is 0 Å². The maximum atomic E-state index is 12.3. The Morgan fingerprint density at radius 1 is 1.12 bits per heavy atom. The largest absolute Gasteiger partial charge is 0.399 e. The van der Waals surface area contributed by atoms with E-state index in [4.69, 9.17) is 17.3 Å². The first-order valence-electron chi connectivity index (χ1n) is 8.23. The summed E-state index contributed by atoms with van der Waals surface area (Å²) in [6, 6.07) is 15.3. The molecule has 26 heavy (non-hydrogen) atoms. The average molecular weight is 417 g/mol. The number of piperidine rings is 1. The van der Waals surface area contributed by atoms with Crippen molar-refractivity contribution in [1.82, 2.24) is 10.2 Å². The Morgan fingerprint density at radius 2 is 1.77 bits per heavy atom. The summed E-state index contributed by atoms with van der Waals surface area (Å²) in [7, 11) is 0. The third kappa shape index (κ3) is 6.36. The molecule has 2 aromatic carbocycles. The van der Waals surface area contributed by atoms with Gasteiger partial charge in [-0.1, -0.05) is 29.8 Å². The first-order valence-corrected chi connectivity index (χ1v) is 8.61. The van der Waals surface area contributed by atoms with Crippen LogP contribution < -0.4 is 11.1 Å². The van der Waals surface area contributed by atoms with Gasteiger partial charge in [0.2, 0.25) is 0 Å². The smallest absolute Gasteiger partial charge is 0.251 e. The molecule has 0 spiro atoms. The maximum absolute atomic E-state index is 12.3. The van der Waals surface area contributed by atoms with E-state index in [1.807, 2.05) is 12.1 Å². The summed E-state index contributed by atoms with van der Waals surface area (Å²) in [5, 5.41) is 3.88. The molecule has 0 aliphatic carbocycles. The van der Waals surface area contributed by atoms with Crippen molar-refractivity contribution in [2.75, 3.05) is 18.8 Å². The molecular weight excluding hydrogens is 393 g/mol. The zero-order chi connectivity index (χ0) is 16.9. The summed E-state index contributed by atoms with van der Waals surface area (Å²) in [5.74, 6) is -0.0431. The van der Waals surface area contributed by atoms with Gasteiger partial charge in [-0.3, -0.25) is 9.69 Å². The number of carbonyl (C=O) groups excluding carboxylic acids is 1. The molecule has 0 aromatic heterocycles. The van der Waals surface area contributed by atoms with Gasteiger partial charge in [0.05, 0.1) is 0 Å². The molecule has 1 fully saturated rings. The fourth-order valence-electron chi connectivity index (χ4n) is 3.03. The van der Waals surface area contributed by atoms with E-state index < -0.39 is 0 Å². The number of nitrogens with one attached hydrogen (secondary N) is 1. The number of rotatable bonds is 4. The third-order valence-corrected chi connectivity index (χ3v) is 4.64. The Hall–Kier alpha value is -1.46. The topological polar surface area (TPSA) is 58.4 Å². The molecule has 1 aliphatic heterocycles. The molecule has 0 unspecified atom stereocenters. The van der Waals surface area contributed by atoms with E-state index in [2.05, 4.69) is 22.3 Å². The lowest BCUT2D eigenvalue weighted by Crippen LogP contribution is -2.44. The molecule has 7 heteroatoms. The number of nitrogens with two attached hydrogens (primary N) is 1. The molecule has 0 radical (unpaired) electrons. The Balaban J connectivity index is 0.00000169. The van der Waals surface area contributed by atoms with Crippen molar-refractivity contribution in [3.05, 3.63) is 64.7 Å². The van der Waals surface area contributed by atoms with Crippen LogP contribution in [-0.4, -0.2) is 29.9 Å². The van der Waals surface area contributed by atoms with Crippen LogP contribution in [0.3, 0.4) is 0 Å². The van der Waals surface area contributed by atoms with Crippen LogP contribution in [0.5, 0.6) is 0 Å². The second-order valence-corrected chi connectivity index (χ2v) is 6.71. The van der Waals surface area contributed by atoms with Crippen LogP contribution >= 0.6 is 36.4 Å². The van der Waals surface area contributed by atoms with Crippen LogP contribution in [0.25, 0.3) is 0 Å². The lowest BCUT2D eigenvalue weighted by Gasteiger charge is -2.32. The molecule has 1 heterocycles. The molecule has 3 rings (SSSR count). The molecule has 1 saturated heterocycles. The highest BCUT2D eigenvalue weighted by atomic mass is 35.5. The van der Waals surface area contributed by atoms with Crippen molar-refractivity contribution in [2.24, 2.45) is 0 Å². The summed E-state index contributed by atoms with van der Waals surface area (Å²) >= 11 is 5.92. The molecule has 2 aromatic rings. The van der Waals surface area contributed by atoms with E-state index in [1.54, 1.807) is 24.3 Å². The van der Waals surface area contributed by atoms with Gasteiger partial charge in [0.25, 0.3) is 5.91 Å². The SMILES string of the molecule is Cl.Cl.Nc1cccc(C(=O)NC2CCN(Cc3ccc(Cl)cc3)CC2)c1. The van der Waals surface area contributed by atoms with Crippen LogP contribution in [0.2, 0.25) is 5.02 Å². The number of benzene rings is 2. The Morgan fingerprint density at radius 3 is 2.38 bits per heavy atom. The van der Waals surface area contributed by atoms with E-state index in [9.17, 15) is 4.79 Å². The van der Waals surface area contributed by atoms with Gasteiger partial charge >= 0.3 is 0 Å². The molecule has 0 atom stereocenters. The van der Waals surface area contributed by atoms with Crippen molar-refractivity contribution in [1.29, 1.82) is 0 Å². The van der Waals surface area contributed by atoms with Crippen molar-refractivity contribution in [3.8, 4) is 0 Å². The minimum Gasteiger partial charge on any atom is -0.399 e. The first-order chi connectivity index (χ1) is 11.6. The van der Waals surface area contributed by atoms with Crippen molar-refractivity contribution in [3.63, 3.8) is 0 Å². The van der Waals surface area contributed by atoms with Gasteiger partial charge in [0.15, 0.2) is 0 Å². The lowest BCUT2D eigenvalue weighted by molar-refractivity contribution is 0.0909. The normalized spacial score (nSPS) is 14.8. The van der Waals surface area contributed by atoms with Crippen LogP contribution in [0.15, 0.2) is 48.5 Å². The number of halogens is 3. The molecule has 1 amide bonds. The number of nitrogens with zero attached hydrogens (tertiary/aromatic N) is 1. The highest BCUT2D eigenvalue weighted by Gasteiger charge is 2.21. The van der Waals surface area contributed by atoms with Gasteiger partial charge in [0, 0.05) is 41.9 Å². The molecule has 0 bridgehead atoms. The van der Waals surface area contributed by atoms with Crippen LogP contribution in [0.4, 0.5) is 5.69 Å². The Bertz CT molecular complexity index is 701. The van der Waals surface area contributed by atoms with E-state index >= 15 is 0 Å². The Labute approximate surface area is 171 Å². The van der Waals surface area contributed by atoms with E-state index in [1.165, 1.54) is 5.56 Å². The zero-order valence-corrected chi connectivity index (χ0v) is 16.7. The van der Waals surface area contributed by atoms with E-state index in [0.717, 1.165) is 37.5 Å². The number of hydrogen-bond acceptors (Lipinski definition) is 3. The standard InChI is InChI=1S/C19H22ClN3O.2ClH/c20-16-6-4-14(5-7-16)13-23-10-8-18(9-11-23)22-19(24)15-2-1-3-17(21)12-15;;/h1-7,12,18H,8-11,13,21H2,(H,22,24);2*1H. The minimum absolute atomic E-state index is 0. The van der Waals surface area contributed by atoms with Gasteiger partial charge < -0.3 is 11.1 Å². The monoisotopic (exact) mass is 415 g/mol. The number of carbonyl (C=O) groups is 1. The summed E-state index contributed by atoms with van der Waals surface area (Å²) in [6.45, 7) is 2.88. The maximum Gasteiger partial charge on any atom is 0.251 e. The molecule has 0 saturated carbocycles. The van der Waals surface area contributed by atoms with Crippen molar-refractivity contribution >= 4 is 48.0 Å². The number of hydrogen-bond donors (Lipinski definition) is 2. The fraction of sp³-hybridized carbons (Fsp3) is 0.316. The average Bonchev–Trinajstić information content (AvgIpc) is 2.59. The highest BCUT2D eigenvalue weighted by molar-refractivity contribution is 6.30. The van der Waals surface area contributed by atoms with Crippen molar-refractivity contribution < 1.29 is 4.79 Å². The van der Waals surface area contributed by atoms with Crippen LogP contribution in [0.1, 0.15) is 28.8 Å². The fourth-order valence-corrected chi connectivity index (χ4v) is 3.16. The lowest BCUT2D eigenvalue weighted by atomic mass is 10.0. The van der Waals surface area contributed by atoms with Crippen molar-refractivity contribution in [2.45, 2.75) is 25.4 Å². The van der Waals surface area contributed by atoms with E-state index in [0.29, 0.717) is 11.3 Å². The van der Waals surface area contributed by atoms with Gasteiger partial charge in [-0.25, -0.2) is 0 Å².